The largest absolute Gasteiger partial charge is 0.476 e. The van der Waals surface area contributed by atoms with Gasteiger partial charge in [-0.3, -0.25) is 5.10 Å². The van der Waals surface area contributed by atoms with Crippen LogP contribution in [-0.4, -0.2) is 50.0 Å². The number of carbonyl (C=O) groups is 1. The Kier molecular flexibility index (Phi) is 5.45. The first-order valence-corrected chi connectivity index (χ1v) is 7.15. The molecule has 0 atom stereocenters. The molecule has 0 unspecified atom stereocenters. The van der Waals surface area contributed by atoms with Gasteiger partial charge in [-0.15, -0.1) is 0 Å². The SMILES string of the molecule is COCCCCNS(=O)(=O)c1c(C(=O)O)n[nH]c1C. The van der Waals surface area contributed by atoms with Crippen LogP contribution < -0.4 is 4.72 Å². The molecule has 9 heteroatoms. The number of carboxylic acids is 1. The first-order chi connectivity index (χ1) is 8.90. The summed E-state index contributed by atoms with van der Waals surface area (Å²) in [6, 6.07) is 0. The summed E-state index contributed by atoms with van der Waals surface area (Å²) in [5, 5.41) is 14.7. The Bertz CT molecular complexity index is 537. The van der Waals surface area contributed by atoms with Crippen LogP contribution >= 0.6 is 0 Å². The minimum atomic E-state index is -3.88. The lowest BCUT2D eigenvalue weighted by molar-refractivity contribution is 0.0686. The molecule has 1 aromatic heterocycles. The lowest BCUT2D eigenvalue weighted by atomic mass is 10.3. The number of aromatic amines is 1. The highest BCUT2D eigenvalue weighted by Gasteiger charge is 2.27. The highest BCUT2D eigenvalue weighted by atomic mass is 32.2. The summed E-state index contributed by atoms with van der Waals surface area (Å²) < 4.78 is 31.2. The summed E-state index contributed by atoms with van der Waals surface area (Å²) >= 11 is 0. The van der Waals surface area contributed by atoms with Crippen LogP contribution in [0, 0.1) is 6.92 Å². The number of hydrogen-bond acceptors (Lipinski definition) is 5. The van der Waals surface area contributed by atoms with Gasteiger partial charge >= 0.3 is 5.97 Å². The topological polar surface area (TPSA) is 121 Å². The van der Waals surface area contributed by atoms with E-state index in [0.717, 1.165) is 6.42 Å². The summed E-state index contributed by atoms with van der Waals surface area (Å²) in [6.45, 7) is 2.22. The second-order valence-electron chi connectivity index (χ2n) is 3.93. The van der Waals surface area contributed by atoms with Crippen LogP contribution in [0.3, 0.4) is 0 Å². The van der Waals surface area contributed by atoms with Crippen molar-refractivity contribution in [2.24, 2.45) is 0 Å². The first-order valence-electron chi connectivity index (χ1n) is 5.67. The lowest BCUT2D eigenvalue weighted by Crippen LogP contribution is -2.26. The van der Waals surface area contributed by atoms with Gasteiger partial charge in [0.25, 0.3) is 0 Å². The molecule has 0 saturated heterocycles. The molecule has 0 aliphatic heterocycles. The Balaban J connectivity index is 2.77. The van der Waals surface area contributed by atoms with E-state index in [2.05, 4.69) is 14.9 Å². The van der Waals surface area contributed by atoms with Gasteiger partial charge in [-0.2, -0.15) is 5.10 Å². The number of aromatic nitrogens is 2. The van der Waals surface area contributed by atoms with Crippen molar-refractivity contribution in [3.63, 3.8) is 0 Å². The van der Waals surface area contributed by atoms with E-state index in [1.165, 1.54) is 6.92 Å². The molecule has 0 fully saturated rings. The van der Waals surface area contributed by atoms with E-state index < -0.39 is 21.7 Å². The van der Waals surface area contributed by atoms with E-state index in [9.17, 15) is 13.2 Å². The molecule has 0 radical (unpaired) electrons. The molecule has 0 aliphatic rings. The van der Waals surface area contributed by atoms with Gasteiger partial charge in [-0.25, -0.2) is 17.9 Å². The van der Waals surface area contributed by atoms with Gasteiger partial charge in [0.1, 0.15) is 4.90 Å². The number of aryl methyl sites for hydroxylation is 1. The van der Waals surface area contributed by atoms with E-state index in [1.807, 2.05) is 0 Å². The van der Waals surface area contributed by atoms with Gasteiger partial charge in [-0.05, 0) is 19.8 Å². The molecule has 3 N–H and O–H groups in total. The molecule has 0 aromatic carbocycles. The van der Waals surface area contributed by atoms with Gasteiger partial charge in [0, 0.05) is 20.3 Å². The molecule has 0 saturated carbocycles. The molecule has 0 bridgehead atoms. The number of ether oxygens (including phenoxy) is 1. The number of aromatic carboxylic acids is 1. The fourth-order valence-corrected chi connectivity index (χ4v) is 2.94. The molecule has 0 spiro atoms. The number of H-pyrrole nitrogens is 1. The quantitative estimate of drug-likeness (QED) is 0.585. The Labute approximate surface area is 111 Å². The third-order valence-corrected chi connectivity index (χ3v) is 4.05. The van der Waals surface area contributed by atoms with Crippen molar-refractivity contribution in [3.05, 3.63) is 11.4 Å². The number of rotatable bonds is 8. The number of nitrogens with one attached hydrogen (secondary N) is 2. The van der Waals surface area contributed by atoms with Gasteiger partial charge in [0.05, 0.1) is 5.69 Å². The fraction of sp³-hybridized carbons (Fsp3) is 0.600. The number of methoxy groups -OCH3 is 1. The molecule has 108 valence electrons. The molecule has 0 aliphatic carbocycles. The predicted molar refractivity (Wildman–Crippen MR) is 66.6 cm³/mol. The van der Waals surface area contributed by atoms with Crippen LogP contribution in [0.25, 0.3) is 0 Å². The van der Waals surface area contributed by atoms with E-state index in [-0.39, 0.29) is 17.1 Å². The number of sulfonamides is 1. The maximum Gasteiger partial charge on any atom is 0.357 e. The van der Waals surface area contributed by atoms with Gasteiger partial charge in [0.2, 0.25) is 10.0 Å². The smallest absolute Gasteiger partial charge is 0.357 e. The average Bonchev–Trinajstić information content (AvgIpc) is 2.71. The third-order valence-electron chi connectivity index (χ3n) is 2.43. The highest BCUT2D eigenvalue weighted by molar-refractivity contribution is 7.89. The van der Waals surface area contributed by atoms with E-state index in [4.69, 9.17) is 9.84 Å². The van der Waals surface area contributed by atoms with Gasteiger partial charge < -0.3 is 9.84 Å². The molecule has 8 nitrogen and oxygen atoms in total. The third kappa shape index (κ3) is 4.01. The summed E-state index contributed by atoms with van der Waals surface area (Å²) in [5.74, 6) is -1.39. The predicted octanol–water partition coefficient (Wildman–Crippen LogP) is 0.121. The monoisotopic (exact) mass is 291 g/mol. The zero-order chi connectivity index (χ0) is 14.5. The summed E-state index contributed by atoms with van der Waals surface area (Å²) in [6.07, 6.45) is 1.32. The minimum absolute atomic E-state index is 0.196. The first kappa shape index (κ1) is 15.6. The Morgan fingerprint density at radius 3 is 2.74 bits per heavy atom. The minimum Gasteiger partial charge on any atom is -0.476 e. The molecular formula is C10H17N3O5S. The Morgan fingerprint density at radius 2 is 2.16 bits per heavy atom. The standard InChI is InChI=1S/C10H17N3O5S/c1-7-9(8(10(14)15)13-12-7)19(16,17)11-5-3-4-6-18-2/h11H,3-6H2,1-2H3,(H,12,13)(H,14,15). The van der Waals surface area contributed by atoms with Crippen molar-refractivity contribution in [2.75, 3.05) is 20.3 Å². The van der Waals surface area contributed by atoms with Crippen molar-refractivity contribution < 1.29 is 23.1 Å². The van der Waals surface area contributed by atoms with Gasteiger partial charge in [0.15, 0.2) is 5.69 Å². The van der Waals surface area contributed by atoms with Crippen LogP contribution in [0.1, 0.15) is 29.0 Å². The normalized spacial score (nSPS) is 11.7. The van der Waals surface area contributed by atoms with E-state index >= 15 is 0 Å². The zero-order valence-electron chi connectivity index (χ0n) is 10.8. The van der Waals surface area contributed by atoms with Crippen molar-refractivity contribution >= 4 is 16.0 Å². The van der Waals surface area contributed by atoms with Gasteiger partial charge in [-0.1, -0.05) is 0 Å². The summed E-state index contributed by atoms with van der Waals surface area (Å²) in [4.78, 5) is 10.6. The fourth-order valence-electron chi connectivity index (χ4n) is 1.54. The van der Waals surface area contributed by atoms with Crippen LogP contribution in [-0.2, 0) is 14.8 Å². The number of unbranched alkanes of at least 4 members (excludes halogenated alkanes) is 1. The summed E-state index contributed by atoms with van der Waals surface area (Å²) in [5.41, 5.74) is -0.302. The van der Waals surface area contributed by atoms with Crippen molar-refractivity contribution in [3.8, 4) is 0 Å². The average molecular weight is 291 g/mol. The van der Waals surface area contributed by atoms with Crippen LogP contribution in [0.15, 0.2) is 4.90 Å². The number of hydrogen-bond donors (Lipinski definition) is 3. The number of carboxylic acid groups (broad SMARTS) is 1. The molecular weight excluding hydrogens is 274 g/mol. The molecule has 1 rings (SSSR count). The maximum absolute atomic E-state index is 12.0. The second kappa shape index (κ2) is 6.64. The van der Waals surface area contributed by atoms with Crippen molar-refractivity contribution in [1.29, 1.82) is 0 Å². The molecule has 0 amide bonds. The molecule has 1 heterocycles. The lowest BCUT2D eigenvalue weighted by Gasteiger charge is -2.06. The number of nitrogens with zero attached hydrogens (tertiary/aromatic N) is 1. The maximum atomic E-state index is 12.0. The van der Waals surface area contributed by atoms with Crippen molar-refractivity contribution in [2.45, 2.75) is 24.7 Å². The Hall–Kier alpha value is -1.45. The highest BCUT2D eigenvalue weighted by Crippen LogP contribution is 2.17. The second-order valence-corrected chi connectivity index (χ2v) is 5.63. The molecule has 19 heavy (non-hydrogen) atoms. The summed E-state index contributed by atoms with van der Waals surface area (Å²) in [7, 11) is -2.31. The van der Waals surface area contributed by atoms with E-state index in [1.54, 1.807) is 7.11 Å². The van der Waals surface area contributed by atoms with Crippen LogP contribution in [0.5, 0.6) is 0 Å². The van der Waals surface area contributed by atoms with Crippen LogP contribution in [0.2, 0.25) is 0 Å². The van der Waals surface area contributed by atoms with E-state index in [0.29, 0.717) is 13.0 Å². The molecule has 1 aromatic rings. The zero-order valence-corrected chi connectivity index (χ0v) is 11.6. The van der Waals surface area contributed by atoms with Crippen LogP contribution in [0.4, 0.5) is 0 Å². The Morgan fingerprint density at radius 1 is 1.47 bits per heavy atom. The van der Waals surface area contributed by atoms with Crippen molar-refractivity contribution in [1.82, 2.24) is 14.9 Å².